The van der Waals surface area contributed by atoms with E-state index in [1.54, 1.807) is 12.0 Å². The molecule has 0 N–H and O–H groups in total. The van der Waals surface area contributed by atoms with E-state index in [-0.39, 0.29) is 30.1 Å². The number of quaternary nitrogens is 1. The maximum atomic E-state index is 11.8. The van der Waals surface area contributed by atoms with Gasteiger partial charge < -0.3 is 28.7 Å². The number of piperazine rings is 1. The highest BCUT2D eigenvalue weighted by Gasteiger charge is 2.35. The Morgan fingerprint density at radius 2 is 1.38 bits per heavy atom. The largest absolute Gasteiger partial charge is 1.00 e. The van der Waals surface area contributed by atoms with Crippen molar-refractivity contribution in [2.24, 2.45) is 0 Å². The van der Waals surface area contributed by atoms with Crippen LogP contribution in [0.25, 0.3) is 0 Å². The van der Waals surface area contributed by atoms with Crippen LogP contribution in [0.2, 0.25) is 0 Å². The highest BCUT2D eigenvalue weighted by Crippen LogP contribution is 2.17. The minimum Gasteiger partial charge on any atom is -1.00 e. The molecule has 0 aliphatic carbocycles. The van der Waals surface area contributed by atoms with Crippen molar-refractivity contribution in [3.05, 3.63) is 0 Å². The monoisotopic (exact) mass is 484 g/mol. The summed E-state index contributed by atoms with van der Waals surface area (Å²) in [5.74, 6) is 0. The second-order valence-corrected chi connectivity index (χ2v) is 7.28. The van der Waals surface area contributed by atoms with Crippen molar-refractivity contribution in [3.63, 3.8) is 0 Å². The van der Waals surface area contributed by atoms with E-state index in [0.717, 1.165) is 32.7 Å². The molecule has 0 aromatic heterocycles. The Bertz CT molecular complexity index is 348. The Morgan fingerprint density at radius 3 is 1.85 bits per heavy atom. The van der Waals surface area contributed by atoms with Gasteiger partial charge in [-0.05, 0) is 19.8 Å². The smallest absolute Gasteiger partial charge is 0.410 e. The average molecular weight is 484 g/mol. The molecular weight excluding hydrogens is 443 g/mol. The summed E-state index contributed by atoms with van der Waals surface area (Å²) in [7, 11) is 1.80. The number of hydrogen-bond donors (Lipinski definition) is 0. The zero-order chi connectivity index (χ0) is 18.4. The number of carbonyl (C=O) groups is 1. The second-order valence-electron chi connectivity index (χ2n) is 7.28. The van der Waals surface area contributed by atoms with Gasteiger partial charge in [0.2, 0.25) is 0 Å². The highest BCUT2D eigenvalue weighted by atomic mass is 127. The van der Waals surface area contributed by atoms with Crippen molar-refractivity contribution in [2.45, 2.75) is 78.1 Å². The number of unbranched alkanes of at least 4 members (excludes halogenated alkanes) is 9. The van der Waals surface area contributed by atoms with Crippen molar-refractivity contribution >= 4 is 6.09 Å². The molecule has 0 aromatic carbocycles. The quantitative estimate of drug-likeness (QED) is 0.227. The van der Waals surface area contributed by atoms with Gasteiger partial charge in [-0.3, -0.25) is 4.90 Å². The van der Waals surface area contributed by atoms with Crippen LogP contribution in [0.5, 0.6) is 0 Å². The molecule has 0 spiro atoms. The van der Waals surface area contributed by atoms with Crippen LogP contribution in [0.4, 0.5) is 4.79 Å². The van der Waals surface area contributed by atoms with E-state index in [1.165, 1.54) is 64.2 Å². The lowest BCUT2D eigenvalue weighted by Crippen LogP contribution is -3.00. The Morgan fingerprint density at radius 1 is 0.885 bits per heavy atom. The van der Waals surface area contributed by atoms with Gasteiger partial charge in [-0.25, -0.2) is 9.63 Å². The van der Waals surface area contributed by atoms with E-state index in [1.807, 2.05) is 6.92 Å². The molecule has 1 amide bonds. The third kappa shape index (κ3) is 10.3. The van der Waals surface area contributed by atoms with Crippen LogP contribution >= 0.6 is 0 Å². The topological polar surface area (TPSA) is 38.8 Å². The lowest BCUT2D eigenvalue weighted by molar-refractivity contribution is -1.10. The third-order valence-electron chi connectivity index (χ3n) is 5.39. The molecule has 1 heterocycles. The lowest BCUT2D eigenvalue weighted by atomic mass is 10.1. The van der Waals surface area contributed by atoms with Gasteiger partial charge in [0, 0.05) is 0 Å². The first-order chi connectivity index (χ1) is 12.2. The van der Waals surface area contributed by atoms with Crippen LogP contribution < -0.4 is 24.0 Å². The van der Waals surface area contributed by atoms with Crippen molar-refractivity contribution in [2.75, 3.05) is 46.4 Å². The number of rotatable bonds is 13. The van der Waals surface area contributed by atoms with Crippen molar-refractivity contribution in [1.29, 1.82) is 0 Å². The molecule has 0 saturated carbocycles. The average Bonchev–Trinajstić information content (AvgIpc) is 2.64. The summed E-state index contributed by atoms with van der Waals surface area (Å²) in [6.07, 6.45) is 13.4. The molecule has 0 atom stereocenters. The van der Waals surface area contributed by atoms with Gasteiger partial charge in [0.15, 0.2) is 0 Å². The van der Waals surface area contributed by atoms with Gasteiger partial charge in [0.1, 0.15) is 19.6 Å². The minimum atomic E-state index is -0.185. The molecule has 1 fully saturated rings. The minimum absolute atomic E-state index is 0. The van der Waals surface area contributed by atoms with E-state index >= 15 is 0 Å². The normalized spacial score (nSPS) is 16.2. The molecule has 0 unspecified atom stereocenters. The predicted octanol–water partition coefficient (Wildman–Crippen LogP) is 1.76. The molecule has 156 valence electrons. The van der Waals surface area contributed by atoms with Crippen LogP contribution in [0.3, 0.4) is 0 Å². The molecule has 6 heteroatoms. The Balaban J connectivity index is 0.00000625. The summed E-state index contributed by atoms with van der Waals surface area (Å²) >= 11 is 0. The number of amides is 1. The van der Waals surface area contributed by atoms with E-state index in [0.29, 0.717) is 11.3 Å². The molecule has 1 aliphatic rings. The summed E-state index contributed by atoms with van der Waals surface area (Å²) in [6, 6.07) is 0. The molecule has 0 aromatic rings. The summed E-state index contributed by atoms with van der Waals surface area (Å²) < 4.78 is 5.78. The van der Waals surface area contributed by atoms with Gasteiger partial charge in [-0.2, -0.15) is 4.65 Å². The fourth-order valence-corrected chi connectivity index (χ4v) is 3.61. The maximum absolute atomic E-state index is 11.8. The number of hydrogen-bond acceptors (Lipinski definition) is 3. The fraction of sp³-hybridized carbons (Fsp3) is 0.950. The molecule has 1 saturated heterocycles. The zero-order valence-corrected chi connectivity index (χ0v) is 19.5. The molecule has 0 radical (unpaired) electrons. The lowest BCUT2D eigenvalue weighted by Gasteiger charge is -2.40. The van der Waals surface area contributed by atoms with E-state index in [4.69, 9.17) is 9.57 Å². The number of carbonyl (C=O) groups excluding carboxylic acids is 1. The van der Waals surface area contributed by atoms with E-state index in [2.05, 4.69) is 6.92 Å². The molecule has 5 nitrogen and oxygen atoms in total. The van der Waals surface area contributed by atoms with Gasteiger partial charge in [0.25, 0.3) is 0 Å². The first-order valence-corrected chi connectivity index (χ1v) is 10.5. The zero-order valence-electron chi connectivity index (χ0n) is 17.3. The van der Waals surface area contributed by atoms with Crippen LogP contribution in [-0.4, -0.2) is 62.1 Å². The highest BCUT2D eigenvalue weighted by molar-refractivity contribution is 5.67. The van der Waals surface area contributed by atoms with E-state index in [9.17, 15) is 4.79 Å². The van der Waals surface area contributed by atoms with Gasteiger partial charge >= 0.3 is 6.09 Å². The standard InChI is InChI=1S/C20H41N2O3.HI/c1-4-6-7-8-9-10-11-12-13-14-17-22(24-3)18-15-21(16-19-22)20(23)25-5-2;/h4-19H2,1-3H3;1H/q+1;/p-1. The van der Waals surface area contributed by atoms with Crippen LogP contribution in [0.15, 0.2) is 0 Å². The summed E-state index contributed by atoms with van der Waals surface area (Å²) in [5.41, 5.74) is 0. The number of hydroxylamine groups is 3. The first kappa shape index (κ1) is 25.9. The summed E-state index contributed by atoms with van der Waals surface area (Å²) in [6.45, 7) is 8.81. The Kier molecular flexibility index (Phi) is 15.9. The maximum Gasteiger partial charge on any atom is 0.410 e. The first-order valence-electron chi connectivity index (χ1n) is 10.5. The van der Waals surface area contributed by atoms with Crippen LogP contribution in [0, 0.1) is 0 Å². The van der Waals surface area contributed by atoms with Crippen molar-refractivity contribution < 1.29 is 43.0 Å². The SMILES string of the molecule is CCCCCCCCCCCC[N+]1(OC)CCN(C(=O)OCC)CC1.[I-]. The Labute approximate surface area is 178 Å². The van der Waals surface area contributed by atoms with Gasteiger partial charge in [-0.15, -0.1) is 0 Å². The number of halogens is 1. The second kappa shape index (κ2) is 15.9. The van der Waals surface area contributed by atoms with Crippen LogP contribution in [0.1, 0.15) is 78.1 Å². The molecular formula is C20H41IN2O3. The fourth-order valence-electron chi connectivity index (χ4n) is 3.61. The van der Waals surface area contributed by atoms with Crippen molar-refractivity contribution in [1.82, 2.24) is 4.90 Å². The Hall–Kier alpha value is -0.0800. The predicted molar refractivity (Wildman–Crippen MR) is 102 cm³/mol. The van der Waals surface area contributed by atoms with Crippen LogP contribution in [-0.2, 0) is 9.57 Å². The molecule has 26 heavy (non-hydrogen) atoms. The molecule has 0 bridgehead atoms. The molecule has 1 aliphatic heterocycles. The number of ether oxygens (including phenoxy) is 1. The third-order valence-corrected chi connectivity index (χ3v) is 5.39. The summed E-state index contributed by atoms with van der Waals surface area (Å²) in [5, 5.41) is 0. The number of nitrogens with zero attached hydrogens (tertiary/aromatic N) is 2. The summed E-state index contributed by atoms with van der Waals surface area (Å²) in [4.78, 5) is 19.4. The van der Waals surface area contributed by atoms with Crippen molar-refractivity contribution in [3.8, 4) is 0 Å². The van der Waals surface area contributed by atoms with E-state index < -0.39 is 0 Å². The molecule has 1 rings (SSSR count). The van der Waals surface area contributed by atoms with Gasteiger partial charge in [0.05, 0.1) is 26.8 Å². The van der Waals surface area contributed by atoms with Gasteiger partial charge in [-0.1, -0.05) is 58.3 Å².